The lowest BCUT2D eigenvalue weighted by Gasteiger charge is -2.04. The number of nitrogens with one attached hydrogen (secondary N) is 2. The van der Waals surface area contributed by atoms with Gasteiger partial charge in [-0.1, -0.05) is 68.9 Å². The molecule has 0 saturated heterocycles. The van der Waals surface area contributed by atoms with Gasteiger partial charge in [0.2, 0.25) is 0 Å². The zero-order valence-electron chi connectivity index (χ0n) is 16.2. The van der Waals surface area contributed by atoms with Crippen LogP contribution < -0.4 is 5.56 Å². The van der Waals surface area contributed by atoms with Crippen molar-refractivity contribution in [3.05, 3.63) is 56.1 Å². The average molecular weight is 372 g/mol. The number of rotatable bonds is 5. The summed E-state index contributed by atoms with van der Waals surface area (Å²) < 4.78 is 0.284. The van der Waals surface area contributed by atoms with E-state index in [2.05, 4.69) is 28.0 Å². The Balaban J connectivity index is 0.000000290. The highest BCUT2D eigenvalue weighted by molar-refractivity contribution is 7.71. The predicted molar refractivity (Wildman–Crippen MR) is 112 cm³/mol. The molecule has 26 heavy (non-hydrogen) atoms. The largest absolute Gasteiger partial charge is 0.317 e. The van der Waals surface area contributed by atoms with E-state index in [1.165, 1.54) is 37.7 Å². The van der Waals surface area contributed by atoms with E-state index in [0.717, 1.165) is 17.2 Å². The quantitative estimate of drug-likeness (QED) is 0.517. The van der Waals surface area contributed by atoms with E-state index in [-0.39, 0.29) is 10.3 Å². The van der Waals surface area contributed by atoms with Gasteiger partial charge >= 0.3 is 0 Å². The van der Waals surface area contributed by atoms with E-state index in [1.54, 1.807) is 6.92 Å². The average Bonchev–Trinajstić information content (AvgIpc) is 3.42. The summed E-state index contributed by atoms with van der Waals surface area (Å²) in [5.74, 6) is 1.66. The maximum atomic E-state index is 11.6. The van der Waals surface area contributed by atoms with Crippen molar-refractivity contribution in [2.75, 3.05) is 0 Å². The third-order valence-corrected chi connectivity index (χ3v) is 4.74. The first-order valence-corrected chi connectivity index (χ1v) is 9.77. The molecule has 5 heteroatoms. The smallest absolute Gasteiger partial charge is 0.256 e. The molecule has 0 bridgehead atoms. The van der Waals surface area contributed by atoms with Crippen LogP contribution in [0.25, 0.3) is 0 Å². The van der Waals surface area contributed by atoms with Crippen molar-refractivity contribution in [3.63, 3.8) is 0 Å². The van der Waals surface area contributed by atoms with Crippen LogP contribution in [0.4, 0.5) is 5.82 Å². The van der Waals surface area contributed by atoms with Crippen LogP contribution in [0.1, 0.15) is 62.6 Å². The minimum atomic E-state index is -0.209. The molecule has 4 nitrogen and oxygen atoms in total. The number of aryl methyl sites for hydroxylation is 1. The molecule has 3 rings (SSSR count). The fraction of sp³-hybridized carbons (Fsp3) is 0.476. The standard InChI is InChI=1S/C14H15N3OS.C7H14/c1-8-5-4-6-11(7-8)10(3)15-12-9(2)13(18)17-14(19)16-12;1-2-3-4-7-5-6-7/h4-7H,1-3H3,(H2,16,17,18,19);7H,2-6H2,1H3/b15-10+;. The minimum Gasteiger partial charge on any atom is -0.317 e. The Kier molecular flexibility index (Phi) is 7.51. The maximum absolute atomic E-state index is 11.6. The van der Waals surface area contributed by atoms with Gasteiger partial charge in [0.25, 0.3) is 5.56 Å². The highest BCUT2D eigenvalue weighted by Gasteiger charge is 2.19. The number of H-pyrrole nitrogens is 2. The molecule has 0 spiro atoms. The van der Waals surface area contributed by atoms with Crippen molar-refractivity contribution in [2.24, 2.45) is 10.9 Å². The van der Waals surface area contributed by atoms with Gasteiger partial charge in [-0.25, -0.2) is 4.99 Å². The van der Waals surface area contributed by atoms with Gasteiger partial charge in [-0.3, -0.25) is 9.78 Å². The number of unbranched alkanes of at least 4 members (excludes halogenated alkanes) is 1. The van der Waals surface area contributed by atoms with E-state index in [4.69, 9.17) is 12.2 Å². The molecule has 1 heterocycles. The zero-order chi connectivity index (χ0) is 19.1. The second-order valence-electron chi connectivity index (χ2n) is 7.03. The first kappa shape index (κ1) is 20.3. The lowest BCUT2D eigenvalue weighted by Crippen LogP contribution is -2.11. The third kappa shape index (κ3) is 6.37. The van der Waals surface area contributed by atoms with Gasteiger partial charge in [0.15, 0.2) is 4.77 Å². The van der Waals surface area contributed by atoms with Gasteiger partial charge in [0, 0.05) is 5.71 Å². The lowest BCUT2D eigenvalue weighted by molar-refractivity contribution is 0.654. The molecular formula is C21H29N3OS. The van der Waals surface area contributed by atoms with Crippen molar-refractivity contribution in [3.8, 4) is 0 Å². The second-order valence-corrected chi connectivity index (χ2v) is 7.44. The molecule has 0 unspecified atom stereocenters. The van der Waals surface area contributed by atoms with Gasteiger partial charge < -0.3 is 4.98 Å². The van der Waals surface area contributed by atoms with Gasteiger partial charge in [-0.2, -0.15) is 0 Å². The van der Waals surface area contributed by atoms with Crippen LogP contribution in [0.5, 0.6) is 0 Å². The lowest BCUT2D eigenvalue weighted by atomic mass is 10.1. The monoisotopic (exact) mass is 371 g/mol. The van der Waals surface area contributed by atoms with Gasteiger partial charge in [0.05, 0.1) is 5.56 Å². The minimum absolute atomic E-state index is 0.209. The SMILES string of the molecule is C/C(=N\c1[nH]c(=S)[nH]c(=O)c1C)c1cccc(C)c1.CCCCC1CC1. The number of nitrogens with zero attached hydrogens (tertiary/aromatic N) is 1. The number of aromatic nitrogens is 2. The van der Waals surface area contributed by atoms with E-state index in [1.807, 2.05) is 32.0 Å². The topological polar surface area (TPSA) is 61.0 Å². The molecule has 1 aromatic carbocycles. The molecule has 2 aromatic rings. The molecule has 1 fully saturated rings. The molecule has 1 aliphatic rings. The van der Waals surface area contributed by atoms with Crippen LogP contribution in [0.2, 0.25) is 0 Å². The number of hydrogen-bond donors (Lipinski definition) is 2. The molecule has 1 aromatic heterocycles. The van der Waals surface area contributed by atoms with Crippen LogP contribution >= 0.6 is 12.2 Å². The Morgan fingerprint density at radius 3 is 2.62 bits per heavy atom. The fourth-order valence-electron chi connectivity index (χ4n) is 2.65. The Morgan fingerprint density at radius 2 is 2.00 bits per heavy atom. The number of benzene rings is 1. The summed E-state index contributed by atoms with van der Waals surface area (Å²) in [5.41, 5.74) is 3.35. The normalized spacial score (nSPS) is 13.9. The van der Waals surface area contributed by atoms with Gasteiger partial charge in [-0.05, 0) is 44.5 Å². The Morgan fingerprint density at radius 1 is 1.27 bits per heavy atom. The highest BCUT2D eigenvalue weighted by atomic mass is 32.1. The molecule has 0 amide bonds. The van der Waals surface area contributed by atoms with Crippen LogP contribution in [0, 0.1) is 24.5 Å². The Labute approximate surface area is 160 Å². The van der Waals surface area contributed by atoms with Crippen molar-refractivity contribution in [1.82, 2.24) is 9.97 Å². The van der Waals surface area contributed by atoms with Crippen molar-refractivity contribution in [1.29, 1.82) is 0 Å². The molecule has 1 saturated carbocycles. The molecule has 0 radical (unpaired) electrons. The van der Waals surface area contributed by atoms with Crippen LogP contribution in [-0.2, 0) is 0 Å². The zero-order valence-corrected chi connectivity index (χ0v) is 17.0. The van der Waals surface area contributed by atoms with Gasteiger partial charge in [0.1, 0.15) is 5.82 Å². The van der Waals surface area contributed by atoms with E-state index >= 15 is 0 Å². The van der Waals surface area contributed by atoms with Crippen molar-refractivity contribution >= 4 is 23.7 Å². The van der Waals surface area contributed by atoms with Crippen LogP contribution in [-0.4, -0.2) is 15.7 Å². The van der Waals surface area contributed by atoms with Crippen LogP contribution in [0.3, 0.4) is 0 Å². The van der Waals surface area contributed by atoms with Crippen LogP contribution in [0.15, 0.2) is 34.1 Å². The van der Waals surface area contributed by atoms with Gasteiger partial charge in [-0.15, -0.1) is 0 Å². The molecule has 0 atom stereocenters. The second kappa shape index (κ2) is 9.62. The predicted octanol–water partition coefficient (Wildman–Crippen LogP) is 5.78. The number of aromatic amines is 2. The van der Waals surface area contributed by atoms with Crippen molar-refractivity contribution in [2.45, 2.75) is 59.8 Å². The van der Waals surface area contributed by atoms with Crippen molar-refractivity contribution < 1.29 is 0 Å². The first-order valence-electron chi connectivity index (χ1n) is 9.36. The molecule has 1 aliphatic carbocycles. The highest BCUT2D eigenvalue weighted by Crippen LogP contribution is 2.33. The molecule has 0 aliphatic heterocycles. The summed E-state index contributed by atoms with van der Waals surface area (Å²) >= 11 is 4.96. The molecule has 140 valence electrons. The molecule has 2 N–H and O–H groups in total. The summed E-state index contributed by atoms with van der Waals surface area (Å²) in [6, 6.07) is 8.05. The Bertz CT molecular complexity index is 875. The first-order chi connectivity index (χ1) is 12.4. The third-order valence-electron chi connectivity index (χ3n) is 4.53. The summed E-state index contributed by atoms with van der Waals surface area (Å²) in [5, 5.41) is 0. The maximum Gasteiger partial charge on any atom is 0.256 e. The fourth-order valence-corrected chi connectivity index (χ4v) is 2.84. The van der Waals surface area contributed by atoms with E-state index in [9.17, 15) is 4.79 Å². The van der Waals surface area contributed by atoms with E-state index in [0.29, 0.717) is 11.4 Å². The summed E-state index contributed by atoms with van der Waals surface area (Å²) in [4.78, 5) is 21.5. The van der Waals surface area contributed by atoms with E-state index < -0.39 is 0 Å². The number of aliphatic imine (C=N–C) groups is 1. The Hall–Kier alpha value is -2.01. The summed E-state index contributed by atoms with van der Waals surface area (Å²) in [6.07, 6.45) is 7.41. The molecular weight excluding hydrogens is 342 g/mol. The number of hydrogen-bond acceptors (Lipinski definition) is 3. The summed E-state index contributed by atoms with van der Waals surface area (Å²) in [7, 11) is 0. The summed E-state index contributed by atoms with van der Waals surface area (Å²) in [6.45, 7) is 7.92.